The molecule has 0 amide bonds. The molecule has 0 unspecified atom stereocenters. The molecule has 1 heterocycles. The van der Waals surface area contributed by atoms with E-state index in [-0.39, 0.29) is 12.2 Å². The number of aliphatic hydroxyl groups is 1. The number of aryl methyl sites for hydroxylation is 2. The minimum Gasteiger partial charge on any atom is -0.423 e. The van der Waals surface area contributed by atoms with Gasteiger partial charge < -0.3 is 9.52 Å². The Morgan fingerprint density at radius 1 is 0.852 bits per heavy atom. The molecule has 0 saturated carbocycles. The molecule has 1 aromatic heterocycles. The van der Waals surface area contributed by atoms with Crippen LogP contribution in [0.5, 0.6) is 0 Å². The first kappa shape index (κ1) is 17.3. The van der Waals surface area contributed by atoms with E-state index >= 15 is 0 Å². The first-order chi connectivity index (χ1) is 13.1. The lowest BCUT2D eigenvalue weighted by molar-refractivity contribution is 0.281. The standard InChI is InChI=1S/C24H20O3/c1-15-10-17(14-25)11-16(2)24(15)19-8-9-22-21(12-19)20(13-23(26)27-22)18-6-4-3-5-7-18/h3-13,25H,14H2,1-2H3. The summed E-state index contributed by atoms with van der Waals surface area (Å²) in [6.45, 7) is 4.13. The van der Waals surface area contributed by atoms with Crippen LogP contribution in [0.4, 0.5) is 0 Å². The fourth-order valence-electron chi connectivity index (χ4n) is 3.77. The van der Waals surface area contributed by atoms with E-state index in [9.17, 15) is 9.90 Å². The maximum atomic E-state index is 12.0. The zero-order valence-electron chi connectivity index (χ0n) is 15.3. The van der Waals surface area contributed by atoms with E-state index in [2.05, 4.69) is 19.9 Å². The van der Waals surface area contributed by atoms with Crippen LogP contribution in [-0.2, 0) is 6.61 Å². The third-order valence-corrected chi connectivity index (χ3v) is 4.89. The van der Waals surface area contributed by atoms with E-state index in [1.807, 2.05) is 54.6 Å². The monoisotopic (exact) mass is 356 g/mol. The highest BCUT2D eigenvalue weighted by atomic mass is 16.4. The zero-order valence-corrected chi connectivity index (χ0v) is 15.3. The van der Waals surface area contributed by atoms with Crippen molar-refractivity contribution in [3.05, 3.63) is 93.8 Å². The number of benzene rings is 3. The maximum Gasteiger partial charge on any atom is 0.336 e. The summed E-state index contributed by atoms with van der Waals surface area (Å²) in [5, 5.41) is 10.3. The quantitative estimate of drug-likeness (QED) is 0.511. The van der Waals surface area contributed by atoms with Crippen molar-refractivity contribution >= 4 is 11.0 Å². The van der Waals surface area contributed by atoms with E-state index in [1.54, 1.807) is 6.07 Å². The molecule has 0 aliphatic heterocycles. The summed E-state index contributed by atoms with van der Waals surface area (Å²) in [5.41, 5.74) is 7.40. The van der Waals surface area contributed by atoms with Crippen molar-refractivity contribution in [1.29, 1.82) is 0 Å². The van der Waals surface area contributed by atoms with Crippen LogP contribution in [0.2, 0.25) is 0 Å². The van der Waals surface area contributed by atoms with Gasteiger partial charge in [0.25, 0.3) is 0 Å². The Labute approximate surface area is 157 Å². The van der Waals surface area contributed by atoms with Crippen molar-refractivity contribution in [2.24, 2.45) is 0 Å². The lowest BCUT2D eigenvalue weighted by Crippen LogP contribution is -1.99. The lowest BCUT2D eigenvalue weighted by Gasteiger charge is -2.14. The second kappa shape index (κ2) is 6.86. The fraction of sp³-hybridized carbons (Fsp3) is 0.125. The molecule has 3 heteroatoms. The Balaban J connectivity index is 1.98. The second-order valence-electron chi connectivity index (χ2n) is 6.82. The molecular formula is C24H20O3. The highest BCUT2D eigenvalue weighted by Gasteiger charge is 2.12. The molecular weight excluding hydrogens is 336 g/mol. The summed E-state index contributed by atoms with van der Waals surface area (Å²) in [5.74, 6) is 0. The molecule has 0 radical (unpaired) electrons. The predicted molar refractivity (Wildman–Crippen MR) is 109 cm³/mol. The van der Waals surface area contributed by atoms with Crippen molar-refractivity contribution in [3.63, 3.8) is 0 Å². The molecule has 0 fully saturated rings. The third kappa shape index (κ3) is 3.18. The Morgan fingerprint density at radius 3 is 2.22 bits per heavy atom. The van der Waals surface area contributed by atoms with Gasteiger partial charge in [0, 0.05) is 11.5 Å². The summed E-state index contributed by atoms with van der Waals surface area (Å²) in [4.78, 5) is 12.0. The summed E-state index contributed by atoms with van der Waals surface area (Å²) in [6.07, 6.45) is 0. The normalized spacial score (nSPS) is 11.1. The Hall–Kier alpha value is -3.17. The largest absolute Gasteiger partial charge is 0.423 e. The molecule has 3 aromatic carbocycles. The molecule has 0 spiro atoms. The van der Waals surface area contributed by atoms with Crippen molar-refractivity contribution in [2.45, 2.75) is 20.5 Å². The van der Waals surface area contributed by atoms with Gasteiger partial charge in [-0.25, -0.2) is 4.79 Å². The number of aliphatic hydroxyl groups excluding tert-OH is 1. The molecule has 134 valence electrons. The smallest absolute Gasteiger partial charge is 0.336 e. The highest BCUT2D eigenvalue weighted by Crippen LogP contribution is 2.34. The number of hydrogen-bond acceptors (Lipinski definition) is 3. The van der Waals surface area contributed by atoms with Crippen LogP contribution < -0.4 is 5.63 Å². The van der Waals surface area contributed by atoms with Crippen LogP contribution >= 0.6 is 0 Å². The third-order valence-electron chi connectivity index (χ3n) is 4.89. The van der Waals surface area contributed by atoms with E-state index in [1.165, 1.54) is 0 Å². The van der Waals surface area contributed by atoms with E-state index in [4.69, 9.17) is 4.42 Å². The molecule has 4 aromatic rings. The summed E-state index contributed by atoms with van der Waals surface area (Å²) >= 11 is 0. The fourth-order valence-corrected chi connectivity index (χ4v) is 3.77. The minimum atomic E-state index is -0.353. The van der Waals surface area contributed by atoms with Gasteiger partial charge in [0.1, 0.15) is 5.58 Å². The molecule has 4 rings (SSSR count). The van der Waals surface area contributed by atoms with Crippen LogP contribution in [-0.4, -0.2) is 5.11 Å². The van der Waals surface area contributed by atoms with Gasteiger partial charge in [-0.1, -0.05) is 48.5 Å². The van der Waals surface area contributed by atoms with Crippen molar-refractivity contribution < 1.29 is 9.52 Å². The molecule has 0 aliphatic carbocycles. The van der Waals surface area contributed by atoms with Gasteiger partial charge in [-0.05, 0) is 64.9 Å². The molecule has 27 heavy (non-hydrogen) atoms. The van der Waals surface area contributed by atoms with Crippen molar-refractivity contribution in [3.8, 4) is 22.3 Å². The van der Waals surface area contributed by atoms with E-state index in [0.29, 0.717) is 5.58 Å². The molecule has 3 nitrogen and oxygen atoms in total. The first-order valence-corrected chi connectivity index (χ1v) is 8.91. The minimum absolute atomic E-state index is 0.0307. The van der Waals surface area contributed by atoms with Crippen LogP contribution in [0.3, 0.4) is 0 Å². The Morgan fingerprint density at radius 2 is 1.56 bits per heavy atom. The van der Waals surface area contributed by atoms with Crippen LogP contribution in [0.15, 0.2) is 75.9 Å². The molecule has 1 N–H and O–H groups in total. The second-order valence-corrected chi connectivity index (χ2v) is 6.82. The van der Waals surface area contributed by atoms with E-state index in [0.717, 1.165) is 44.3 Å². The van der Waals surface area contributed by atoms with Gasteiger partial charge in [-0.15, -0.1) is 0 Å². The maximum absolute atomic E-state index is 12.0. The topological polar surface area (TPSA) is 50.4 Å². The molecule has 0 saturated heterocycles. The van der Waals surface area contributed by atoms with Crippen LogP contribution in [0.1, 0.15) is 16.7 Å². The molecule has 0 aliphatic rings. The SMILES string of the molecule is Cc1cc(CO)cc(C)c1-c1ccc2oc(=O)cc(-c3ccccc3)c2c1. The molecule has 0 atom stereocenters. The van der Waals surface area contributed by atoms with E-state index < -0.39 is 0 Å². The lowest BCUT2D eigenvalue weighted by atomic mass is 9.92. The number of rotatable bonds is 3. The first-order valence-electron chi connectivity index (χ1n) is 8.91. The number of hydrogen-bond donors (Lipinski definition) is 1. The van der Waals surface area contributed by atoms with Gasteiger partial charge in [0.2, 0.25) is 0 Å². The Kier molecular flexibility index (Phi) is 4.38. The Bertz CT molecular complexity index is 1160. The summed E-state index contributed by atoms with van der Waals surface area (Å²) < 4.78 is 5.42. The average molecular weight is 356 g/mol. The van der Waals surface area contributed by atoms with Gasteiger partial charge >= 0.3 is 5.63 Å². The van der Waals surface area contributed by atoms with Crippen LogP contribution in [0, 0.1) is 13.8 Å². The number of fused-ring (bicyclic) bond motifs is 1. The average Bonchev–Trinajstić information content (AvgIpc) is 2.67. The zero-order chi connectivity index (χ0) is 19.0. The van der Waals surface area contributed by atoms with Crippen molar-refractivity contribution in [2.75, 3.05) is 0 Å². The predicted octanol–water partition coefficient (Wildman–Crippen LogP) is 5.24. The highest BCUT2D eigenvalue weighted by molar-refractivity contribution is 5.96. The van der Waals surface area contributed by atoms with Gasteiger partial charge in [-0.3, -0.25) is 0 Å². The summed E-state index contributed by atoms with van der Waals surface area (Å²) in [7, 11) is 0. The van der Waals surface area contributed by atoms with Crippen molar-refractivity contribution in [1.82, 2.24) is 0 Å². The van der Waals surface area contributed by atoms with Gasteiger partial charge in [-0.2, -0.15) is 0 Å². The van der Waals surface area contributed by atoms with Crippen LogP contribution in [0.25, 0.3) is 33.2 Å². The van der Waals surface area contributed by atoms with Gasteiger partial charge in [0.05, 0.1) is 6.61 Å². The summed E-state index contributed by atoms with van der Waals surface area (Å²) in [6, 6.07) is 21.4. The van der Waals surface area contributed by atoms with Gasteiger partial charge in [0.15, 0.2) is 0 Å². The molecule has 0 bridgehead atoms.